The molecule has 2 N–H and O–H groups in total. The number of guanidine groups is 1. The van der Waals surface area contributed by atoms with Gasteiger partial charge >= 0.3 is 0 Å². The van der Waals surface area contributed by atoms with Crippen LogP contribution in [-0.2, 0) is 4.79 Å². The van der Waals surface area contributed by atoms with Gasteiger partial charge in [0.25, 0.3) is 0 Å². The van der Waals surface area contributed by atoms with Crippen LogP contribution in [0.1, 0.15) is 39.5 Å². The summed E-state index contributed by atoms with van der Waals surface area (Å²) < 4.78 is 0. The van der Waals surface area contributed by atoms with Gasteiger partial charge in [-0.1, -0.05) is 12.5 Å². The fraction of sp³-hybridized carbons (Fsp3) is 0.750. The summed E-state index contributed by atoms with van der Waals surface area (Å²) >= 11 is 0. The Morgan fingerprint density at radius 1 is 1.32 bits per heavy atom. The average molecular weight is 424 g/mol. The zero-order chi connectivity index (χ0) is 16.3. The van der Waals surface area contributed by atoms with Crippen LogP contribution >= 0.6 is 24.0 Å². The maximum Gasteiger partial charge on any atom is 0.227 e. The minimum absolute atomic E-state index is 0. The molecule has 0 atom stereocenters. The van der Waals surface area contributed by atoms with Gasteiger partial charge in [0.1, 0.15) is 0 Å². The number of hydrogen-bond acceptors (Lipinski definition) is 2. The molecule has 0 heterocycles. The van der Waals surface area contributed by atoms with Gasteiger partial charge in [0.05, 0.1) is 5.41 Å². The first-order valence-electron chi connectivity index (χ1n) is 7.64. The van der Waals surface area contributed by atoms with E-state index in [9.17, 15) is 4.79 Å². The molecule has 0 aliphatic heterocycles. The van der Waals surface area contributed by atoms with Crippen molar-refractivity contribution in [3.63, 3.8) is 0 Å². The highest BCUT2D eigenvalue weighted by Gasteiger charge is 2.26. The molecule has 0 aromatic rings. The fourth-order valence-corrected chi connectivity index (χ4v) is 2.02. The number of nitrogens with zero attached hydrogens (tertiary/aromatic N) is 2. The lowest BCUT2D eigenvalue weighted by Crippen LogP contribution is -2.47. The van der Waals surface area contributed by atoms with E-state index >= 15 is 0 Å². The molecule has 0 aliphatic carbocycles. The molecule has 0 saturated heterocycles. The van der Waals surface area contributed by atoms with Gasteiger partial charge < -0.3 is 15.5 Å². The van der Waals surface area contributed by atoms with Crippen LogP contribution in [0.5, 0.6) is 0 Å². The van der Waals surface area contributed by atoms with E-state index < -0.39 is 5.41 Å². The second-order valence-corrected chi connectivity index (χ2v) is 5.92. The number of hydrogen-bond donors (Lipinski definition) is 2. The molecule has 0 aliphatic rings. The molecular formula is C16H33IN4O. The predicted molar refractivity (Wildman–Crippen MR) is 106 cm³/mol. The van der Waals surface area contributed by atoms with Crippen LogP contribution in [0, 0.1) is 5.41 Å². The summed E-state index contributed by atoms with van der Waals surface area (Å²) in [5, 5.41) is 5.97. The molecule has 5 nitrogen and oxygen atoms in total. The van der Waals surface area contributed by atoms with Crippen LogP contribution in [0.4, 0.5) is 0 Å². The fourth-order valence-electron chi connectivity index (χ4n) is 2.02. The highest BCUT2D eigenvalue weighted by atomic mass is 127. The first kappa shape index (κ1) is 23.5. The second-order valence-electron chi connectivity index (χ2n) is 5.92. The first-order chi connectivity index (χ1) is 9.88. The van der Waals surface area contributed by atoms with Crippen molar-refractivity contribution in [2.45, 2.75) is 39.5 Å². The van der Waals surface area contributed by atoms with Crippen molar-refractivity contribution < 1.29 is 4.79 Å². The van der Waals surface area contributed by atoms with Crippen molar-refractivity contribution in [1.82, 2.24) is 15.5 Å². The number of allylic oxidation sites excluding steroid dienone is 1. The molecule has 0 spiro atoms. The number of halogens is 1. The summed E-state index contributed by atoms with van der Waals surface area (Å²) in [5.74, 6) is 0.855. The van der Waals surface area contributed by atoms with E-state index in [0.29, 0.717) is 6.54 Å². The van der Waals surface area contributed by atoms with Gasteiger partial charge in [-0.05, 0) is 33.1 Å². The molecule has 6 heteroatoms. The summed E-state index contributed by atoms with van der Waals surface area (Å²) in [6.07, 6.45) is 6.55. The SMILES string of the molecule is C=CCCCCCN(C)C(=NC)NCC(C)(C)C(=O)NC.I. The zero-order valence-corrected chi connectivity index (χ0v) is 17.1. The standard InChI is InChI=1S/C16H32N4O.HI/c1-7-8-9-10-11-12-20(6)15(18-5)19-13-16(2,3)14(21)17-4;/h7H,1,8-13H2,2-6H3,(H,17,21)(H,18,19);1H. The topological polar surface area (TPSA) is 56.7 Å². The van der Waals surface area contributed by atoms with E-state index in [1.807, 2.05) is 27.0 Å². The molecule has 0 saturated carbocycles. The quantitative estimate of drug-likeness (QED) is 0.197. The molecule has 0 unspecified atom stereocenters. The van der Waals surface area contributed by atoms with Gasteiger partial charge in [-0.2, -0.15) is 0 Å². The van der Waals surface area contributed by atoms with E-state index in [-0.39, 0.29) is 29.9 Å². The van der Waals surface area contributed by atoms with Crippen molar-refractivity contribution >= 4 is 35.8 Å². The van der Waals surface area contributed by atoms with Crippen LogP contribution in [-0.4, -0.2) is 51.0 Å². The number of carbonyl (C=O) groups excluding carboxylic acids is 1. The van der Waals surface area contributed by atoms with Crippen molar-refractivity contribution in [2.24, 2.45) is 10.4 Å². The minimum atomic E-state index is -0.463. The Labute approximate surface area is 153 Å². The van der Waals surface area contributed by atoms with Crippen LogP contribution in [0.15, 0.2) is 17.6 Å². The van der Waals surface area contributed by atoms with E-state index in [4.69, 9.17) is 0 Å². The molecule has 0 radical (unpaired) electrons. The molecule has 1 amide bonds. The van der Waals surface area contributed by atoms with E-state index in [1.165, 1.54) is 12.8 Å². The lowest BCUT2D eigenvalue weighted by Gasteiger charge is -2.27. The van der Waals surface area contributed by atoms with Gasteiger partial charge in [-0.15, -0.1) is 30.6 Å². The van der Waals surface area contributed by atoms with Crippen LogP contribution in [0.3, 0.4) is 0 Å². The summed E-state index contributed by atoms with van der Waals surface area (Å²) in [5.41, 5.74) is -0.463. The normalized spacial score (nSPS) is 11.4. The Morgan fingerprint density at radius 3 is 2.45 bits per heavy atom. The van der Waals surface area contributed by atoms with Gasteiger partial charge in [-0.25, -0.2) is 0 Å². The number of carbonyl (C=O) groups is 1. The van der Waals surface area contributed by atoms with Crippen LogP contribution in [0.2, 0.25) is 0 Å². The Kier molecular flexibility index (Phi) is 13.6. The average Bonchev–Trinajstić information content (AvgIpc) is 2.46. The maximum atomic E-state index is 11.8. The molecule has 0 aromatic heterocycles. The van der Waals surface area contributed by atoms with E-state index in [0.717, 1.165) is 25.3 Å². The molecule has 0 fully saturated rings. The third-order valence-electron chi connectivity index (χ3n) is 3.51. The molecule has 0 bridgehead atoms. The van der Waals surface area contributed by atoms with Gasteiger partial charge in [0.15, 0.2) is 5.96 Å². The maximum absolute atomic E-state index is 11.8. The lowest BCUT2D eigenvalue weighted by molar-refractivity contribution is -0.128. The van der Waals surface area contributed by atoms with Crippen LogP contribution < -0.4 is 10.6 Å². The summed E-state index contributed by atoms with van der Waals surface area (Å²) in [6.45, 7) is 9.08. The third kappa shape index (κ3) is 9.27. The van der Waals surface area contributed by atoms with Crippen molar-refractivity contribution in [3.8, 4) is 0 Å². The highest BCUT2D eigenvalue weighted by molar-refractivity contribution is 14.0. The smallest absolute Gasteiger partial charge is 0.227 e. The number of rotatable bonds is 9. The monoisotopic (exact) mass is 424 g/mol. The molecule has 0 aromatic carbocycles. The van der Waals surface area contributed by atoms with Crippen LogP contribution in [0.25, 0.3) is 0 Å². The van der Waals surface area contributed by atoms with Gasteiger partial charge in [0.2, 0.25) is 5.91 Å². The predicted octanol–water partition coefficient (Wildman–Crippen LogP) is 2.63. The summed E-state index contributed by atoms with van der Waals surface area (Å²) in [6, 6.07) is 0. The Balaban J connectivity index is 0. The first-order valence-corrected chi connectivity index (χ1v) is 7.64. The highest BCUT2D eigenvalue weighted by Crippen LogP contribution is 2.13. The van der Waals surface area contributed by atoms with Gasteiger partial charge in [-0.3, -0.25) is 9.79 Å². The lowest BCUT2D eigenvalue weighted by atomic mass is 9.92. The van der Waals surface area contributed by atoms with Crippen molar-refractivity contribution in [2.75, 3.05) is 34.2 Å². The number of aliphatic imine (C=N–C) groups is 1. The van der Waals surface area contributed by atoms with E-state index in [2.05, 4.69) is 27.1 Å². The third-order valence-corrected chi connectivity index (χ3v) is 3.51. The zero-order valence-electron chi connectivity index (χ0n) is 14.7. The number of unbranched alkanes of at least 4 members (excludes halogenated alkanes) is 3. The second kappa shape index (κ2) is 12.7. The van der Waals surface area contributed by atoms with E-state index in [1.54, 1.807) is 14.1 Å². The largest absolute Gasteiger partial charge is 0.359 e. The minimum Gasteiger partial charge on any atom is -0.359 e. The Hall–Kier alpha value is -0.790. The Morgan fingerprint density at radius 2 is 1.95 bits per heavy atom. The Bertz CT molecular complexity index is 356. The molecule has 22 heavy (non-hydrogen) atoms. The summed E-state index contributed by atoms with van der Waals surface area (Å²) in [4.78, 5) is 18.1. The van der Waals surface area contributed by atoms with Gasteiger partial charge in [0, 0.05) is 34.2 Å². The summed E-state index contributed by atoms with van der Waals surface area (Å²) in [7, 11) is 5.45. The van der Waals surface area contributed by atoms with Crippen molar-refractivity contribution in [1.29, 1.82) is 0 Å². The number of amides is 1. The number of nitrogens with one attached hydrogen (secondary N) is 2. The molecule has 0 rings (SSSR count). The molecule has 130 valence electrons. The molecular weight excluding hydrogens is 391 g/mol. The van der Waals surface area contributed by atoms with Crippen molar-refractivity contribution in [3.05, 3.63) is 12.7 Å².